The Morgan fingerprint density at radius 2 is 1.63 bits per heavy atom. The molecule has 4 rings (SSSR count). The third-order valence-corrected chi connectivity index (χ3v) is 6.14. The van der Waals surface area contributed by atoms with Crippen LogP contribution in [0.25, 0.3) is 0 Å². The van der Waals surface area contributed by atoms with Gasteiger partial charge in [0, 0.05) is 12.5 Å². The largest absolute Gasteiger partial charge is 0.508 e. The molecule has 0 aromatic heterocycles. The Morgan fingerprint density at radius 1 is 0.967 bits per heavy atom. The van der Waals surface area contributed by atoms with Gasteiger partial charge in [0.15, 0.2) is 0 Å². The van der Waals surface area contributed by atoms with Crippen LogP contribution in [0.4, 0.5) is 0 Å². The number of phenolic OH excluding ortho intramolecular Hbond substituents is 1. The summed E-state index contributed by atoms with van der Waals surface area (Å²) in [5, 5.41) is 13.3. The number of rotatable bonds is 8. The van der Waals surface area contributed by atoms with Crippen LogP contribution in [0.2, 0.25) is 0 Å². The summed E-state index contributed by atoms with van der Waals surface area (Å²) in [6.45, 7) is 4.10. The summed E-state index contributed by atoms with van der Waals surface area (Å²) >= 11 is 0. The van der Waals surface area contributed by atoms with E-state index in [-0.39, 0.29) is 5.60 Å². The highest BCUT2D eigenvalue weighted by Crippen LogP contribution is 2.37. The SMILES string of the molecule is CC1(CCCNCC(c2ccccc2)c2ccccc2)CCc2cc(O)ccc2O1. The Hall–Kier alpha value is -2.78. The maximum Gasteiger partial charge on any atom is 0.123 e. The maximum atomic E-state index is 9.66. The number of nitrogens with one attached hydrogen (secondary N) is 1. The first-order chi connectivity index (χ1) is 14.6. The molecule has 3 aromatic carbocycles. The Morgan fingerprint density at radius 3 is 2.30 bits per heavy atom. The second kappa shape index (κ2) is 9.36. The second-order valence-electron chi connectivity index (χ2n) is 8.53. The van der Waals surface area contributed by atoms with Crippen molar-refractivity contribution in [2.24, 2.45) is 0 Å². The number of aryl methyl sites for hydroxylation is 1. The summed E-state index contributed by atoms with van der Waals surface area (Å²) in [7, 11) is 0. The maximum absolute atomic E-state index is 9.66. The van der Waals surface area contributed by atoms with Gasteiger partial charge in [0.1, 0.15) is 17.1 Å². The minimum atomic E-state index is -0.135. The molecule has 0 bridgehead atoms. The summed E-state index contributed by atoms with van der Waals surface area (Å²) in [6.07, 6.45) is 4.03. The van der Waals surface area contributed by atoms with Crippen molar-refractivity contribution in [2.75, 3.05) is 13.1 Å². The Balaban J connectivity index is 1.30. The van der Waals surface area contributed by atoms with Gasteiger partial charge in [-0.2, -0.15) is 0 Å². The predicted octanol–water partition coefficient (Wildman–Crippen LogP) is 5.68. The molecule has 3 aromatic rings. The normalized spacial score (nSPS) is 18.1. The lowest BCUT2D eigenvalue weighted by Gasteiger charge is -2.36. The fraction of sp³-hybridized carbons (Fsp3) is 0.333. The zero-order valence-corrected chi connectivity index (χ0v) is 17.7. The first kappa shape index (κ1) is 20.5. The zero-order valence-electron chi connectivity index (χ0n) is 17.7. The molecule has 1 atom stereocenters. The van der Waals surface area contributed by atoms with E-state index in [1.54, 1.807) is 6.07 Å². The van der Waals surface area contributed by atoms with Crippen LogP contribution in [0.5, 0.6) is 11.5 Å². The van der Waals surface area contributed by atoms with Crippen LogP contribution in [-0.2, 0) is 6.42 Å². The van der Waals surface area contributed by atoms with Gasteiger partial charge in [0.2, 0.25) is 0 Å². The molecule has 0 aliphatic carbocycles. The van der Waals surface area contributed by atoms with Crippen molar-refractivity contribution in [2.45, 2.75) is 44.1 Å². The molecule has 1 unspecified atom stereocenters. The van der Waals surface area contributed by atoms with Gasteiger partial charge in [0.05, 0.1) is 0 Å². The van der Waals surface area contributed by atoms with E-state index in [1.807, 2.05) is 12.1 Å². The molecule has 0 saturated carbocycles. The van der Waals surface area contributed by atoms with Crippen LogP contribution < -0.4 is 10.1 Å². The number of fused-ring (bicyclic) bond motifs is 1. The van der Waals surface area contributed by atoms with E-state index in [9.17, 15) is 5.11 Å². The molecule has 0 amide bonds. The van der Waals surface area contributed by atoms with Gasteiger partial charge in [-0.25, -0.2) is 0 Å². The number of aromatic hydroxyl groups is 1. The third-order valence-electron chi connectivity index (χ3n) is 6.14. The lowest BCUT2D eigenvalue weighted by molar-refractivity contribution is 0.0541. The summed E-state index contributed by atoms with van der Waals surface area (Å²) in [5.41, 5.74) is 3.67. The molecule has 2 N–H and O–H groups in total. The van der Waals surface area contributed by atoms with Crippen molar-refractivity contribution in [3.05, 3.63) is 95.6 Å². The second-order valence-corrected chi connectivity index (χ2v) is 8.53. The molecular formula is C27H31NO2. The topological polar surface area (TPSA) is 41.5 Å². The molecular weight excluding hydrogens is 370 g/mol. The highest BCUT2D eigenvalue weighted by atomic mass is 16.5. The smallest absolute Gasteiger partial charge is 0.123 e. The van der Waals surface area contributed by atoms with Crippen molar-refractivity contribution >= 4 is 0 Å². The first-order valence-corrected chi connectivity index (χ1v) is 10.9. The van der Waals surface area contributed by atoms with E-state index in [0.29, 0.717) is 11.7 Å². The summed E-state index contributed by atoms with van der Waals surface area (Å²) in [5.74, 6) is 1.59. The van der Waals surface area contributed by atoms with Gasteiger partial charge in [-0.1, -0.05) is 60.7 Å². The van der Waals surface area contributed by atoms with Crippen LogP contribution in [-0.4, -0.2) is 23.8 Å². The van der Waals surface area contributed by atoms with E-state index >= 15 is 0 Å². The minimum Gasteiger partial charge on any atom is -0.508 e. The fourth-order valence-corrected chi connectivity index (χ4v) is 4.38. The number of phenols is 1. The molecule has 156 valence electrons. The summed E-state index contributed by atoms with van der Waals surface area (Å²) < 4.78 is 6.30. The van der Waals surface area contributed by atoms with Crippen molar-refractivity contribution in [3.63, 3.8) is 0 Å². The first-order valence-electron chi connectivity index (χ1n) is 10.9. The standard InChI is InChI=1S/C27H31NO2/c1-27(17-15-23-19-24(29)13-14-26(23)30-27)16-8-18-28-20-25(21-9-4-2-5-10-21)22-11-6-3-7-12-22/h2-7,9-14,19,25,28-29H,8,15-18,20H2,1H3. The van der Waals surface area contributed by atoms with E-state index in [2.05, 4.69) is 72.9 Å². The molecule has 1 aliphatic rings. The van der Waals surface area contributed by atoms with Gasteiger partial charge in [-0.05, 0) is 74.0 Å². The lowest BCUT2D eigenvalue weighted by Crippen LogP contribution is -2.37. The Bertz CT molecular complexity index is 902. The monoisotopic (exact) mass is 401 g/mol. The Kier molecular flexibility index (Phi) is 6.39. The van der Waals surface area contributed by atoms with Crippen LogP contribution in [0.15, 0.2) is 78.9 Å². The lowest BCUT2D eigenvalue weighted by atomic mass is 9.88. The Labute approximate surface area is 179 Å². The zero-order chi connectivity index (χ0) is 20.8. The number of hydrogen-bond donors (Lipinski definition) is 2. The predicted molar refractivity (Wildman–Crippen MR) is 122 cm³/mol. The molecule has 30 heavy (non-hydrogen) atoms. The molecule has 1 heterocycles. The molecule has 0 saturated heterocycles. The number of ether oxygens (including phenoxy) is 1. The van der Waals surface area contributed by atoms with Crippen LogP contribution >= 0.6 is 0 Å². The highest BCUT2D eigenvalue weighted by Gasteiger charge is 2.31. The van der Waals surface area contributed by atoms with Gasteiger partial charge in [-0.15, -0.1) is 0 Å². The van der Waals surface area contributed by atoms with Crippen molar-refractivity contribution in [1.29, 1.82) is 0 Å². The van der Waals surface area contributed by atoms with Crippen LogP contribution in [0.1, 0.15) is 48.8 Å². The van der Waals surface area contributed by atoms with E-state index in [0.717, 1.165) is 50.1 Å². The quantitative estimate of drug-likeness (QED) is 0.477. The number of hydrogen-bond acceptors (Lipinski definition) is 3. The van der Waals surface area contributed by atoms with Crippen molar-refractivity contribution < 1.29 is 9.84 Å². The van der Waals surface area contributed by atoms with Crippen LogP contribution in [0.3, 0.4) is 0 Å². The van der Waals surface area contributed by atoms with Gasteiger partial charge in [0.25, 0.3) is 0 Å². The highest BCUT2D eigenvalue weighted by molar-refractivity contribution is 5.41. The average Bonchev–Trinajstić information content (AvgIpc) is 2.78. The average molecular weight is 402 g/mol. The molecule has 0 fully saturated rings. The molecule has 0 spiro atoms. The summed E-state index contributed by atoms with van der Waals surface area (Å²) in [4.78, 5) is 0. The molecule has 0 radical (unpaired) electrons. The van der Waals surface area contributed by atoms with Gasteiger partial charge >= 0.3 is 0 Å². The van der Waals surface area contributed by atoms with E-state index < -0.39 is 0 Å². The summed E-state index contributed by atoms with van der Waals surface area (Å²) in [6, 6.07) is 26.9. The van der Waals surface area contributed by atoms with E-state index in [1.165, 1.54) is 11.1 Å². The van der Waals surface area contributed by atoms with Gasteiger partial charge in [-0.3, -0.25) is 0 Å². The van der Waals surface area contributed by atoms with Gasteiger partial charge < -0.3 is 15.2 Å². The van der Waals surface area contributed by atoms with Crippen molar-refractivity contribution in [3.8, 4) is 11.5 Å². The van der Waals surface area contributed by atoms with E-state index in [4.69, 9.17) is 4.74 Å². The third kappa shape index (κ3) is 5.03. The van der Waals surface area contributed by atoms with Crippen molar-refractivity contribution in [1.82, 2.24) is 5.32 Å². The molecule has 3 nitrogen and oxygen atoms in total. The molecule has 1 aliphatic heterocycles. The minimum absolute atomic E-state index is 0.135. The fourth-order valence-electron chi connectivity index (χ4n) is 4.38. The molecule has 3 heteroatoms. The number of benzene rings is 3. The van der Waals surface area contributed by atoms with Crippen LogP contribution in [0, 0.1) is 0 Å².